The summed E-state index contributed by atoms with van der Waals surface area (Å²) in [5.74, 6) is 5.27. The van der Waals surface area contributed by atoms with Crippen molar-refractivity contribution in [2.45, 2.75) is 20.8 Å². The average Bonchev–Trinajstić information content (AvgIpc) is 1.59. The van der Waals surface area contributed by atoms with Crippen LogP contribution in [0.3, 0.4) is 0 Å². The van der Waals surface area contributed by atoms with E-state index in [0.29, 0.717) is 0 Å². The van der Waals surface area contributed by atoms with Crippen LogP contribution in [-0.2, 0) is 23.1 Å². The van der Waals surface area contributed by atoms with Crippen molar-refractivity contribution in [3.63, 3.8) is 0 Å². The zero-order valence-corrected chi connectivity index (χ0v) is 7.50. The maximum Gasteiger partial charge on any atom is -1.00 e. The first-order valence-electron chi connectivity index (χ1n) is 2.63. The Kier molecular flexibility index (Phi) is 3.08. The zero-order valence-electron chi connectivity index (χ0n) is 6.76. The third-order valence-corrected chi connectivity index (χ3v) is 0.750. The van der Waals surface area contributed by atoms with Crippen molar-refractivity contribution < 1.29 is 24.5 Å². The van der Waals surface area contributed by atoms with E-state index in [0.717, 1.165) is 0 Å². The SMILES string of the molecule is CC(C)(C)C#C[C](=O)[Ru].[H-]. The normalized spacial score (nSPS) is 9.78. The van der Waals surface area contributed by atoms with E-state index in [2.05, 4.69) is 11.8 Å². The Morgan fingerprint density at radius 2 is 2.00 bits per heavy atom. The fraction of sp³-hybridized carbons (Fsp3) is 0.571. The Morgan fingerprint density at radius 1 is 1.56 bits per heavy atom. The van der Waals surface area contributed by atoms with E-state index >= 15 is 0 Å². The molecule has 0 unspecified atom stereocenters. The number of rotatable bonds is 0. The molecule has 0 aromatic rings. The molecule has 0 saturated heterocycles. The monoisotopic (exact) mass is 212 g/mol. The Bertz CT molecular complexity index is 170. The predicted molar refractivity (Wildman–Crippen MR) is 33.3 cm³/mol. The minimum absolute atomic E-state index is 0. The molecule has 0 radical (unpaired) electrons. The van der Waals surface area contributed by atoms with Gasteiger partial charge in [-0.3, -0.25) is 0 Å². The van der Waals surface area contributed by atoms with Crippen LogP contribution in [0.2, 0.25) is 0 Å². The smallest absolute Gasteiger partial charge is 1.00 e. The van der Waals surface area contributed by atoms with Gasteiger partial charge in [-0.25, -0.2) is 0 Å². The standard InChI is InChI=1S/C7H9O.Ru.H/c1-7(2,3)5-4-6-8;;/h1-3H3;;/q;;-1. The van der Waals surface area contributed by atoms with Gasteiger partial charge in [0.2, 0.25) is 0 Å². The van der Waals surface area contributed by atoms with Crippen LogP contribution < -0.4 is 0 Å². The molecule has 0 aromatic heterocycles. The summed E-state index contributed by atoms with van der Waals surface area (Å²) in [4.78, 5) is 10.3. The van der Waals surface area contributed by atoms with Gasteiger partial charge in [0.25, 0.3) is 0 Å². The van der Waals surface area contributed by atoms with Gasteiger partial charge in [-0.15, -0.1) is 0 Å². The second kappa shape index (κ2) is 3.13. The number of hydrogen-bond donors (Lipinski definition) is 0. The first-order valence-corrected chi connectivity index (χ1v) is 3.50. The topological polar surface area (TPSA) is 17.1 Å². The van der Waals surface area contributed by atoms with Crippen molar-refractivity contribution in [1.82, 2.24) is 0 Å². The van der Waals surface area contributed by atoms with Crippen molar-refractivity contribution >= 4 is 4.38 Å². The van der Waals surface area contributed by atoms with Crippen LogP contribution >= 0.6 is 0 Å². The summed E-state index contributed by atoms with van der Waals surface area (Å²) in [6, 6.07) is 0. The van der Waals surface area contributed by atoms with Crippen LogP contribution in [0.1, 0.15) is 22.2 Å². The molecule has 0 heterocycles. The third kappa shape index (κ3) is 7.85. The summed E-state index contributed by atoms with van der Waals surface area (Å²) in [5, 5.41) is 0. The van der Waals surface area contributed by atoms with Crippen molar-refractivity contribution in [3.8, 4) is 11.8 Å². The van der Waals surface area contributed by atoms with Gasteiger partial charge in [-0.1, -0.05) is 0 Å². The van der Waals surface area contributed by atoms with Gasteiger partial charge in [0, 0.05) is 0 Å². The van der Waals surface area contributed by atoms with E-state index in [9.17, 15) is 4.79 Å². The van der Waals surface area contributed by atoms with E-state index in [1.165, 1.54) is 0 Å². The molecule has 53 valence electrons. The van der Waals surface area contributed by atoms with Crippen LogP contribution in [0.4, 0.5) is 0 Å². The van der Waals surface area contributed by atoms with E-state index < -0.39 is 0 Å². The summed E-state index contributed by atoms with van der Waals surface area (Å²) in [6.45, 7) is 5.90. The van der Waals surface area contributed by atoms with Crippen LogP contribution in [0.5, 0.6) is 0 Å². The quantitative estimate of drug-likeness (QED) is 0.435. The van der Waals surface area contributed by atoms with E-state index in [4.69, 9.17) is 0 Å². The van der Waals surface area contributed by atoms with Crippen LogP contribution in [-0.4, -0.2) is 4.38 Å². The first kappa shape index (κ1) is 8.85. The average molecular weight is 211 g/mol. The summed E-state index contributed by atoms with van der Waals surface area (Å²) in [5.41, 5.74) is -0.0611. The second-order valence-electron chi connectivity index (χ2n) is 2.76. The first-order chi connectivity index (χ1) is 3.92. The molecular weight excluding hydrogens is 201 g/mol. The molecule has 9 heavy (non-hydrogen) atoms. The molecule has 0 amide bonds. The van der Waals surface area contributed by atoms with Gasteiger partial charge in [0.1, 0.15) is 0 Å². The van der Waals surface area contributed by atoms with Crippen LogP contribution in [0.25, 0.3) is 0 Å². The van der Waals surface area contributed by atoms with Crippen molar-refractivity contribution in [2.75, 3.05) is 0 Å². The molecule has 0 spiro atoms. The number of hydrogen-bond acceptors (Lipinski definition) is 1. The Hall–Kier alpha value is -0.147. The van der Waals surface area contributed by atoms with Gasteiger partial charge >= 0.3 is 65.5 Å². The van der Waals surface area contributed by atoms with Crippen molar-refractivity contribution in [3.05, 3.63) is 0 Å². The molecule has 0 bridgehead atoms. The molecule has 0 rings (SSSR count). The van der Waals surface area contributed by atoms with Crippen molar-refractivity contribution in [2.24, 2.45) is 5.41 Å². The summed E-state index contributed by atoms with van der Waals surface area (Å²) in [7, 11) is 0. The Labute approximate surface area is 67.4 Å². The second-order valence-corrected chi connectivity index (χ2v) is 3.55. The molecule has 0 atom stereocenters. The number of carbonyl (C=O) groups excluding carboxylic acids is 1. The van der Waals surface area contributed by atoms with Gasteiger partial charge in [0.05, 0.1) is 0 Å². The minimum Gasteiger partial charge on any atom is -1.00 e. The molecule has 0 N–H and O–H groups in total. The van der Waals surface area contributed by atoms with E-state index in [1.54, 1.807) is 0 Å². The summed E-state index contributed by atoms with van der Waals surface area (Å²) in [6.07, 6.45) is 0. The molecule has 0 aliphatic heterocycles. The van der Waals surface area contributed by atoms with Gasteiger partial charge in [-0.2, -0.15) is 0 Å². The molecule has 0 aliphatic rings. The van der Waals surface area contributed by atoms with Crippen molar-refractivity contribution in [1.29, 1.82) is 0 Å². The summed E-state index contributed by atoms with van der Waals surface area (Å²) >= 11 is 1.94. The maximum absolute atomic E-state index is 10.3. The molecule has 0 aromatic carbocycles. The summed E-state index contributed by atoms with van der Waals surface area (Å²) < 4.78 is -0.135. The molecular formula is C7H10ORu-. The third-order valence-electron chi connectivity index (χ3n) is 0.533. The molecule has 0 aliphatic carbocycles. The van der Waals surface area contributed by atoms with E-state index in [-0.39, 0.29) is 11.2 Å². The fourth-order valence-corrected chi connectivity index (χ4v) is 0.344. The fourth-order valence-electron chi connectivity index (χ4n) is 0.235. The van der Waals surface area contributed by atoms with Gasteiger partial charge in [-0.05, 0) is 0 Å². The zero-order chi connectivity index (χ0) is 7.49. The van der Waals surface area contributed by atoms with E-state index in [1.807, 2.05) is 39.1 Å². The van der Waals surface area contributed by atoms with Crippen LogP contribution in [0, 0.1) is 17.3 Å². The van der Waals surface area contributed by atoms with Gasteiger partial charge < -0.3 is 1.43 Å². The molecule has 0 fully saturated rings. The Balaban J connectivity index is 0. The number of carbonyl (C=O) groups is 1. The molecule has 2 heteroatoms. The maximum atomic E-state index is 10.3. The Morgan fingerprint density at radius 3 is 2.11 bits per heavy atom. The predicted octanol–water partition coefficient (Wildman–Crippen LogP) is 1.22. The molecule has 1 nitrogen and oxygen atoms in total. The van der Waals surface area contributed by atoms with Gasteiger partial charge in [0.15, 0.2) is 0 Å². The largest absolute Gasteiger partial charge is 1.00 e. The van der Waals surface area contributed by atoms with Crippen LogP contribution in [0.15, 0.2) is 0 Å². The molecule has 0 saturated carbocycles. The minimum atomic E-state index is -0.135.